The van der Waals surface area contributed by atoms with E-state index in [1.165, 1.54) is 0 Å². The molecule has 1 fully saturated rings. The summed E-state index contributed by atoms with van der Waals surface area (Å²) in [6.45, 7) is 5.31. The van der Waals surface area contributed by atoms with Crippen molar-refractivity contribution < 1.29 is 19.4 Å². The lowest BCUT2D eigenvalue weighted by molar-refractivity contribution is -0.138. The van der Waals surface area contributed by atoms with Crippen LogP contribution in [-0.4, -0.2) is 22.8 Å². The molecule has 0 bridgehead atoms. The summed E-state index contributed by atoms with van der Waals surface area (Å²) >= 11 is 5.95. The standard InChI is InChI=1S/C15H18ClNO4/c1-15(2,3)21-14(20)17-12-6-8(16)4-5-9(12)10-7-11(10)13(18)19/h4-6,10-11H,7H2,1-3H3,(H,17,20)(H,18,19). The van der Waals surface area contributed by atoms with Crippen LogP contribution in [0, 0.1) is 5.92 Å². The van der Waals surface area contributed by atoms with E-state index >= 15 is 0 Å². The number of anilines is 1. The van der Waals surface area contributed by atoms with Crippen molar-refractivity contribution in [2.24, 2.45) is 5.92 Å². The van der Waals surface area contributed by atoms with Crippen molar-refractivity contribution in [3.8, 4) is 0 Å². The number of hydrogen-bond donors (Lipinski definition) is 2. The van der Waals surface area contributed by atoms with Gasteiger partial charge >= 0.3 is 12.1 Å². The van der Waals surface area contributed by atoms with Gasteiger partial charge in [-0.2, -0.15) is 0 Å². The fourth-order valence-corrected chi connectivity index (χ4v) is 2.36. The lowest BCUT2D eigenvalue weighted by Gasteiger charge is -2.20. The van der Waals surface area contributed by atoms with E-state index in [1.807, 2.05) is 0 Å². The average Bonchev–Trinajstić information content (AvgIpc) is 3.06. The van der Waals surface area contributed by atoms with Crippen LogP contribution in [0.3, 0.4) is 0 Å². The summed E-state index contributed by atoms with van der Waals surface area (Å²) in [7, 11) is 0. The zero-order valence-corrected chi connectivity index (χ0v) is 12.9. The molecule has 21 heavy (non-hydrogen) atoms. The van der Waals surface area contributed by atoms with Gasteiger partial charge in [0.2, 0.25) is 0 Å². The molecule has 2 unspecified atom stereocenters. The predicted molar refractivity (Wildman–Crippen MR) is 79.8 cm³/mol. The Bertz CT molecular complexity index is 580. The van der Waals surface area contributed by atoms with Gasteiger partial charge in [0.1, 0.15) is 5.60 Å². The van der Waals surface area contributed by atoms with Gasteiger partial charge in [0, 0.05) is 16.6 Å². The molecule has 2 N–H and O–H groups in total. The van der Waals surface area contributed by atoms with Crippen LogP contribution < -0.4 is 5.32 Å². The smallest absolute Gasteiger partial charge is 0.412 e. The van der Waals surface area contributed by atoms with Crippen LogP contribution in [0.15, 0.2) is 18.2 Å². The third-order valence-electron chi connectivity index (χ3n) is 3.16. The molecule has 5 nitrogen and oxygen atoms in total. The number of carbonyl (C=O) groups excluding carboxylic acids is 1. The molecule has 0 spiro atoms. The SMILES string of the molecule is CC(C)(C)OC(=O)Nc1cc(Cl)ccc1C1CC1C(=O)O. The average molecular weight is 312 g/mol. The quantitative estimate of drug-likeness (QED) is 0.888. The lowest BCUT2D eigenvalue weighted by Crippen LogP contribution is -2.27. The third kappa shape index (κ3) is 4.11. The second-order valence-corrected chi connectivity index (χ2v) is 6.58. The Hall–Kier alpha value is -1.75. The van der Waals surface area contributed by atoms with Crippen molar-refractivity contribution in [3.05, 3.63) is 28.8 Å². The first kappa shape index (κ1) is 15.6. The highest BCUT2D eigenvalue weighted by molar-refractivity contribution is 6.31. The molecule has 1 aliphatic carbocycles. The Balaban J connectivity index is 2.17. The highest BCUT2D eigenvalue weighted by atomic mass is 35.5. The van der Waals surface area contributed by atoms with Gasteiger partial charge in [-0.1, -0.05) is 17.7 Å². The van der Waals surface area contributed by atoms with Gasteiger partial charge in [-0.05, 0) is 44.9 Å². The summed E-state index contributed by atoms with van der Waals surface area (Å²) < 4.78 is 5.20. The number of amides is 1. The molecule has 1 aliphatic rings. The van der Waals surface area contributed by atoms with E-state index in [4.69, 9.17) is 21.4 Å². The Kier molecular flexibility index (Phi) is 4.14. The Morgan fingerprint density at radius 3 is 2.57 bits per heavy atom. The lowest BCUT2D eigenvalue weighted by atomic mass is 10.1. The molecule has 0 aromatic heterocycles. The first-order chi connectivity index (χ1) is 9.67. The fraction of sp³-hybridized carbons (Fsp3) is 0.467. The summed E-state index contributed by atoms with van der Waals surface area (Å²) in [4.78, 5) is 22.9. The number of rotatable bonds is 3. The van der Waals surface area contributed by atoms with Crippen LogP contribution in [0.4, 0.5) is 10.5 Å². The molecule has 6 heteroatoms. The topological polar surface area (TPSA) is 75.6 Å². The minimum absolute atomic E-state index is 0.0929. The molecule has 0 saturated heterocycles. The van der Waals surface area contributed by atoms with Gasteiger partial charge in [-0.3, -0.25) is 10.1 Å². The van der Waals surface area contributed by atoms with Crippen molar-refractivity contribution in [3.63, 3.8) is 0 Å². The fourth-order valence-electron chi connectivity index (χ4n) is 2.19. The van der Waals surface area contributed by atoms with Crippen LogP contribution in [0.2, 0.25) is 5.02 Å². The summed E-state index contributed by atoms with van der Waals surface area (Å²) in [6, 6.07) is 5.05. The second kappa shape index (κ2) is 5.56. The first-order valence-corrected chi connectivity index (χ1v) is 7.07. The zero-order chi connectivity index (χ0) is 15.8. The number of hydrogen-bond acceptors (Lipinski definition) is 3. The van der Waals surface area contributed by atoms with Crippen LogP contribution in [0.5, 0.6) is 0 Å². The molecule has 114 valence electrons. The molecular weight excluding hydrogens is 294 g/mol. The predicted octanol–water partition coefficient (Wildman–Crippen LogP) is 3.88. The van der Waals surface area contributed by atoms with Crippen LogP contribution in [0.1, 0.15) is 38.7 Å². The van der Waals surface area contributed by atoms with Crippen molar-refractivity contribution in [2.75, 3.05) is 5.32 Å². The molecule has 1 aromatic rings. The van der Waals surface area contributed by atoms with E-state index in [0.717, 1.165) is 5.56 Å². The Labute approximate surface area is 128 Å². The van der Waals surface area contributed by atoms with Crippen molar-refractivity contribution in [1.29, 1.82) is 0 Å². The minimum Gasteiger partial charge on any atom is -0.481 e. The van der Waals surface area contributed by atoms with E-state index in [1.54, 1.807) is 39.0 Å². The minimum atomic E-state index is -0.821. The molecule has 1 amide bonds. The molecule has 0 heterocycles. The number of carboxylic acids is 1. The van der Waals surface area contributed by atoms with E-state index in [0.29, 0.717) is 17.1 Å². The summed E-state index contributed by atoms with van der Waals surface area (Å²) in [5.41, 5.74) is 0.676. The summed E-state index contributed by atoms with van der Waals surface area (Å²) in [6.07, 6.45) is -0.0153. The maximum Gasteiger partial charge on any atom is 0.412 e. The highest BCUT2D eigenvalue weighted by Crippen LogP contribution is 2.50. The summed E-state index contributed by atoms with van der Waals surface area (Å²) in [5, 5.41) is 12.1. The van der Waals surface area contributed by atoms with E-state index < -0.39 is 23.6 Å². The second-order valence-electron chi connectivity index (χ2n) is 6.15. The van der Waals surface area contributed by atoms with Crippen LogP contribution >= 0.6 is 11.6 Å². The molecule has 0 radical (unpaired) electrons. The van der Waals surface area contributed by atoms with Crippen LogP contribution in [-0.2, 0) is 9.53 Å². The highest BCUT2D eigenvalue weighted by Gasteiger charge is 2.45. The Morgan fingerprint density at radius 1 is 1.38 bits per heavy atom. The van der Waals surface area contributed by atoms with Gasteiger partial charge in [0.25, 0.3) is 0 Å². The number of ether oxygens (including phenoxy) is 1. The zero-order valence-electron chi connectivity index (χ0n) is 12.1. The molecule has 1 aromatic carbocycles. The summed E-state index contributed by atoms with van der Waals surface area (Å²) in [5.74, 6) is -1.31. The molecular formula is C15H18ClNO4. The molecule has 1 saturated carbocycles. The first-order valence-electron chi connectivity index (χ1n) is 6.69. The van der Waals surface area contributed by atoms with Gasteiger partial charge in [0.05, 0.1) is 5.92 Å². The largest absolute Gasteiger partial charge is 0.481 e. The van der Waals surface area contributed by atoms with Gasteiger partial charge in [0.15, 0.2) is 0 Å². The molecule has 0 aliphatic heterocycles. The molecule has 2 atom stereocenters. The van der Waals surface area contributed by atoms with E-state index in [9.17, 15) is 9.59 Å². The van der Waals surface area contributed by atoms with Gasteiger partial charge in [-0.25, -0.2) is 4.79 Å². The van der Waals surface area contributed by atoms with E-state index in [2.05, 4.69) is 5.32 Å². The third-order valence-corrected chi connectivity index (χ3v) is 3.39. The maximum absolute atomic E-state index is 11.9. The Morgan fingerprint density at radius 2 is 2.05 bits per heavy atom. The molecule has 2 rings (SSSR count). The van der Waals surface area contributed by atoms with Crippen molar-refractivity contribution >= 4 is 29.4 Å². The van der Waals surface area contributed by atoms with E-state index in [-0.39, 0.29) is 5.92 Å². The van der Waals surface area contributed by atoms with Crippen molar-refractivity contribution in [2.45, 2.75) is 38.7 Å². The monoisotopic (exact) mass is 311 g/mol. The number of benzene rings is 1. The number of carboxylic acid groups (broad SMARTS) is 1. The van der Waals surface area contributed by atoms with Crippen molar-refractivity contribution in [1.82, 2.24) is 0 Å². The van der Waals surface area contributed by atoms with Gasteiger partial charge < -0.3 is 9.84 Å². The normalized spacial score (nSPS) is 20.8. The number of halogens is 1. The number of carbonyl (C=O) groups is 2. The number of aliphatic carboxylic acids is 1. The van der Waals surface area contributed by atoms with Crippen LogP contribution in [0.25, 0.3) is 0 Å². The van der Waals surface area contributed by atoms with Gasteiger partial charge in [-0.15, -0.1) is 0 Å². The number of nitrogens with one attached hydrogen (secondary N) is 1. The maximum atomic E-state index is 11.9.